The molecule has 0 fully saturated rings. The number of benzene rings is 1. The molecule has 0 bridgehead atoms. The van der Waals surface area contributed by atoms with Crippen LogP contribution in [0, 0.1) is 0 Å². The zero-order chi connectivity index (χ0) is 13.5. The lowest BCUT2D eigenvalue weighted by atomic mass is 10.3. The third kappa shape index (κ3) is 5.02. The first kappa shape index (κ1) is 14.9. The van der Waals surface area contributed by atoms with E-state index in [-0.39, 0.29) is 6.04 Å². The lowest BCUT2D eigenvalue weighted by Crippen LogP contribution is -2.39. The zero-order valence-electron chi connectivity index (χ0n) is 10.2. The molecule has 100 valence electrons. The van der Waals surface area contributed by atoms with Gasteiger partial charge in [-0.05, 0) is 19.1 Å². The van der Waals surface area contributed by atoms with Gasteiger partial charge in [0.2, 0.25) is 0 Å². The summed E-state index contributed by atoms with van der Waals surface area (Å²) >= 11 is 10.9. The predicted molar refractivity (Wildman–Crippen MR) is 71.6 cm³/mol. The largest absolute Gasteiger partial charge is 0.497 e. The van der Waals surface area contributed by atoms with Crippen LogP contribution in [0.3, 0.4) is 0 Å². The van der Waals surface area contributed by atoms with E-state index in [2.05, 4.69) is 5.32 Å². The van der Waals surface area contributed by atoms with Gasteiger partial charge in [-0.25, -0.2) is 0 Å². The van der Waals surface area contributed by atoms with Gasteiger partial charge in [0.15, 0.2) is 4.84 Å². The summed E-state index contributed by atoms with van der Waals surface area (Å²) in [4.78, 5) is 10.1. The van der Waals surface area contributed by atoms with Crippen molar-refractivity contribution in [3.63, 3.8) is 0 Å². The fraction of sp³-hybridized carbons (Fsp3) is 0.417. The maximum atomic E-state index is 11.2. The van der Waals surface area contributed by atoms with Crippen molar-refractivity contribution in [3.8, 4) is 11.5 Å². The molecule has 0 heterocycles. The van der Waals surface area contributed by atoms with Crippen LogP contribution in [0.15, 0.2) is 24.3 Å². The van der Waals surface area contributed by atoms with Gasteiger partial charge < -0.3 is 14.8 Å². The summed E-state index contributed by atoms with van der Waals surface area (Å²) in [6.45, 7) is 2.12. The second kappa shape index (κ2) is 7.34. The molecule has 18 heavy (non-hydrogen) atoms. The third-order valence-electron chi connectivity index (χ3n) is 2.13. The molecule has 1 atom stereocenters. The molecular formula is C12H15Cl2NO3. The summed E-state index contributed by atoms with van der Waals surface area (Å²) in [5.74, 6) is 0.953. The van der Waals surface area contributed by atoms with Crippen LogP contribution >= 0.6 is 23.2 Å². The van der Waals surface area contributed by atoms with Crippen molar-refractivity contribution in [3.05, 3.63) is 24.3 Å². The maximum Gasteiger partial charge on any atom is 0.253 e. The highest BCUT2D eigenvalue weighted by molar-refractivity contribution is 6.53. The first-order valence-electron chi connectivity index (χ1n) is 5.38. The molecule has 1 aromatic carbocycles. The van der Waals surface area contributed by atoms with E-state index >= 15 is 0 Å². The van der Waals surface area contributed by atoms with Crippen LogP contribution in [-0.4, -0.2) is 30.5 Å². The molecule has 1 amide bonds. The average Bonchev–Trinajstić information content (AvgIpc) is 2.36. The van der Waals surface area contributed by atoms with E-state index in [1.807, 2.05) is 18.2 Å². The third-order valence-corrected chi connectivity index (χ3v) is 2.52. The average molecular weight is 292 g/mol. The van der Waals surface area contributed by atoms with Crippen LogP contribution in [0.4, 0.5) is 0 Å². The van der Waals surface area contributed by atoms with Crippen molar-refractivity contribution in [2.75, 3.05) is 13.7 Å². The molecule has 0 aliphatic heterocycles. The van der Waals surface area contributed by atoms with Gasteiger partial charge in [0, 0.05) is 6.07 Å². The summed E-state index contributed by atoms with van der Waals surface area (Å²) in [5, 5.41) is 2.62. The van der Waals surface area contributed by atoms with Crippen molar-refractivity contribution in [1.82, 2.24) is 5.32 Å². The number of methoxy groups -OCH3 is 1. The molecule has 0 saturated heterocycles. The van der Waals surface area contributed by atoms with Crippen LogP contribution < -0.4 is 14.8 Å². The van der Waals surface area contributed by atoms with Gasteiger partial charge in [0.1, 0.15) is 18.1 Å². The van der Waals surface area contributed by atoms with E-state index in [0.717, 1.165) is 0 Å². The minimum Gasteiger partial charge on any atom is -0.497 e. The van der Waals surface area contributed by atoms with E-state index in [4.69, 9.17) is 32.7 Å². The Hall–Kier alpha value is -1.13. The highest BCUT2D eigenvalue weighted by Crippen LogP contribution is 2.18. The summed E-state index contributed by atoms with van der Waals surface area (Å²) in [6, 6.07) is 7.03. The number of carbonyl (C=O) groups excluding carboxylic acids is 1. The monoisotopic (exact) mass is 291 g/mol. The fourth-order valence-electron chi connectivity index (χ4n) is 1.26. The number of carbonyl (C=O) groups is 1. The van der Waals surface area contributed by atoms with Gasteiger partial charge in [0.05, 0.1) is 13.2 Å². The SMILES string of the molecule is COc1cccc(OCC(C)NC(=O)C(Cl)Cl)c1. The van der Waals surface area contributed by atoms with Crippen LogP contribution in [0.5, 0.6) is 11.5 Å². The molecule has 0 radical (unpaired) electrons. The maximum absolute atomic E-state index is 11.2. The Morgan fingerprint density at radius 3 is 2.67 bits per heavy atom. The molecule has 4 nitrogen and oxygen atoms in total. The number of ether oxygens (including phenoxy) is 2. The van der Waals surface area contributed by atoms with E-state index in [1.165, 1.54) is 0 Å². The van der Waals surface area contributed by atoms with Gasteiger partial charge in [-0.2, -0.15) is 0 Å². The van der Waals surface area contributed by atoms with Gasteiger partial charge in [-0.1, -0.05) is 29.3 Å². The number of rotatable bonds is 6. The van der Waals surface area contributed by atoms with E-state index in [0.29, 0.717) is 18.1 Å². The molecule has 0 spiro atoms. The molecular weight excluding hydrogens is 277 g/mol. The number of hydrogen-bond acceptors (Lipinski definition) is 3. The molecule has 0 aromatic heterocycles. The van der Waals surface area contributed by atoms with Crippen molar-refractivity contribution in [1.29, 1.82) is 0 Å². The second-order valence-electron chi connectivity index (χ2n) is 3.70. The van der Waals surface area contributed by atoms with E-state index in [1.54, 1.807) is 20.1 Å². The van der Waals surface area contributed by atoms with Crippen molar-refractivity contribution in [2.24, 2.45) is 0 Å². The fourth-order valence-corrected chi connectivity index (χ4v) is 1.39. The normalized spacial score (nSPS) is 12.1. The summed E-state index contributed by atoms with van der Waals surface area (Å²) in [7, 11) is 1.59. The first-order chi connectivity index (χ1) is 8.52. The quantitative estimate of drug-likeness (QED) is 0.819. The summed E-state index contributed by atoms with van der Waals surface area (Å²) in [6.07, 6.45) is 0. The highest BCUT2D eigenvalue weighted by atomic mass is 35.5. The minimum atomic E-state index is -1.07. The molecule has 1 aromatic rings. The van der Waals surface area contributed by atoms with Gasteiger partial charge in [0.25, 0.3) is 5.91 Å². The topological polar surface area (TPSA) is 47.6 Å². The second-order valence-corrected chi connectivity index (χ2v) is 4.80. The Bertz CT molecular complexity index is 399. The van der Waals surface area contributed by atoms with Crippen LogP contribution in [0.25, 0.3) is 0 Å². The van der Waals surface area contributed by atoms with Crippen molar-refractivity contribution in [2.45, 2.75) is 17.8 Å². The van der Waals surface area contributed by atoms with E-state index < -0.39 is 10.7 Å². The van der Waals surface area contributed by atoms with Gasteiger partial charge in [-0.3, -0.25) is 4.79 Å². The smallest absolute Gasteiger partial charge is 0.253 e. The molecule has 0 aliphatic carbocycles. The Balaban J connectivity index is 2.42. The zero-order valence-corrected chi connectivity index (χ0v) is 11.7. The van der Waals surface area contributed by atoms with Crippen LogP contribution in [0.2, 0.25) is 0 Å². The Morgan fingerprint density at radius 1 is 1.39 bits per heavy atom. The van der Waals surface area contributed by atoms with Gasteiger partial charge in [-0.15, -0.1) is 0 Å². The lowest BCUT2D eigenvalue weighted by molar-refractivity contribution is -0.120. The molecule has 0 aliphatic rings. The standard InChI is InChI=1S/C12H15Cl2NO3/c1-8(15-12(16)11(13)14)7-18-10-5-3-4-9(6-10)17-2/h3-6,8,11H,7H2,1-2H3,(H,15,16). The summed E-state index contributed by atoms with van der Waals surface area (Å²) < 4.78 is 10.6. The van der Waals surface area contributed by atoms with Crippen molar-refractivity contribution >= 4 is 29.1 Å². The molecule has 6 heteroatoms. The Kier molecular flexibility index (Phi) is 6.09. The Labute approximate surface area is 116 Å². The molecule has 0 saturated carbocycles. The van der Waals surface area contributed by atoms with Crippen molar-refractivity contribution < 1.29 is 14.3 Å². The number of alkyl halides is 2. The number of hydrogen-bond donors (Lipinski definition) is 1. The lowest BCUT2D eigenvalue weighted by Gasteiger charge is -2.15. The number of nitrogens with one attached hydrogen (secondary N) is 1. The first-order valence-corrected chi connectivity index (χ1v) is 6.25. The van der Waals surface area contributed by atoms with Gasteiger partial charge >= 0.3 is 0 Å². The number of amides is 1. The van der Waals surface area contributed by atoms with Crippen LogP contribution in [-0.2, 0) is 4.79 Å². The van der Waals surface area contributed by atoms with Crippen LogP contribution in [0.1, 0.15) is 6.92 Å². The predicted octanol–water partition coefficient (Wildman–Crippen LogP) is 2.38. The summed E-state index contributed by atoms with van der Waals surface area (Å²) in [5.41, 5.74) is 0. The molecule has 1 rings (SSSR count). The Morgan fingerprint density at radius 2 is 2.06 bits per heavy atom. The van der Waals surface area contributed by atoms with E-state index in [9.17, 15) is 4.79 Å². The molecule has 1 unspecified atom stereocenters. The minimum absolute atomic E-state index is 0.191. The highest BCUT2D eigenvalue weighted by Gasteiger charge is 2.14. The number of halogens is 2. The molecule has 1 N–H and O–H groups in total.